The molecule has 1 aliphatic heterocycles. The Morgan fingerprint density at radius 2 is 1.12 bits per heavy atom. The Balaban J connectivity index is 1.89. The average Bonchev–Trinajstić information content (AvgIpc) is 2.82. The Morgan fingerprint density at radius 3 is 1.45 bits per heavy atom. The van der Waals surface area contributed by atoms with E-state index in [2.05, 4.69) is 0 Å². The summed E-state index contributed by atoms with van der Waals surface area (Å²) in [7, 11) is 0. The number of fused-ring (bicyclic) bond motifs is 2. The molecule has 0 spiro atoms. The first kappa shape index (κ1) is 25.6. The standard InChI is InChI=1S/C25H30O7S/c1-5-29-24(30-6-2)22(26)16-9-11-20-18(13-16)15-19-14-17(10-12-21(19)33(20)28)23(27)25(31-7-3)32-8-4/h9-14,24-25H,5-8,15H2,1-4H3. The lowest BCUT2D eigenvalue weighted by Gasteiger charge is -2.23. The molecule has 0 radical (unpaired) electrons. The molecule has 2 aromatic carbocycles. The fraction of sp³-hybridized carbons (Fsp3) is 0.440. The number of ether oxygens (including phenoxy) is 4. The van der Waals surface area contributed by atoms with E-state index in [-0.39, 0.29) is 11.6 Å². The summed E-state index contributed by atoms with van der Waals surface area (Å²) < 4.78 is 34.9. The maximum Gasteiger partial charge on any atom is 0.222 e. The van der Waals surface area contributed by atoms with Crippen molar-refractivity contribution in [3.05, 3.63) is 58.7 Å². The van der Waals surface area contributed by atoms with Crippen molar-refractivity contribution in [1.29, 1.82) is 0 Å². The second kappa shape index (κ2) is 11.9. The number of rotatable bonds is 12. The first-order valence-corrected chi connectivity index (χ1v) is 12.3. The van der Waals surface area contributed by atoms with Crippen molar-refractivity contribution >= 4 is 22.7 Å². The van der Waals surface area contributed by atoms with Gasteiger partial charge in [-0.05, 0) is 64.1 Å². The van der Waals surface area contributed by atoms with Gasteiger partial charge in [0, 0.05) is 66.3 Å². The van der Waals surface area contributed by atoms with Crippen LogP contribution in [0.2, 0.25) is 0 Å². The Morgan fingerprint density at radius 1 is 0.758 bits per heavy atom. The summed E-state index contributed by atoms with van der Waals surface area (Å²) in [6.07, 6.45) is -1.50. The predicted molar refractivity (Wildman–Crippen MR) is 123 cm³/mol. The van der Waals surface area contributed by atoms with E-state index in [1.165, 1.54) is 0 Å². The summed E-state index contributed by atoms with van der Waals surface area (Å²) in [5.41, 5.74) is 2.41. The molecular weight excluding hydrogens is 444 g/mol. The van der Waals surface area contributed by atoms with E-state index in [1.807, 2.05) is 0 Å². The molecule has 0 saturated heterocycles. The summed E-state index contributed by atoms with van der Waals surface area (Å²) in [6, 6.07) is 10.2. The van der Waals surface area contributed by atoms with E-state index in [4.69, 9.17) is 18.9 Å². The highest BCUT2D eigenvalue weighted by atomic mass is 32.2. The quantitative estimate of drug-likeness (QED) is 0.261. The summed E-state index contributed by atoms with van der Waals surface area (Å²) >= 11 is -1.42. The van der Waals surface area contributed by atoms with E-state index in [9.17, 15) is 14.1 Å². The smallest absolute Gasteiger partial charge is 0.222 e. The van der Waals surface area contributed by atoms with Gasteiger partial charge in [-0.1, -0.05) is 0 Å². The molecule has 0 saturated carbocycles. The second-order valence-corrected chi connectivity index (χ2v) is 8.72. The molecule has 1 aliphatic rings. The van der Waals surface area contributed by atoms with Crippen molar-refractivity contribution in [1.82, 2.24) is 0 Å². The summed E-state index contributed by atoms with van der Waals surface area (Å²) in [5.74, 6) is -0.559. The van der Waals surface area contributed by atoms with E-state index in [0.717, 1.165) is 11.1 Å². The number of carbonyl (C=O) groups excluding carboxylic acids is 2. The van der Waals surface area contributed by atoms with Crippen molar-refractivity contribution in [3.8, 4) is 0 Å². The lowest BCUT2D eigenvalue weighted by molar-refractivity contribution is -0.107. The summed E-state index contributed by atoms with van der Waals surface area (Å²) in [6.45, 7) is 8.58. The minimum Gasteiger partial charge on any atom is -0.606 e. The zero-order valence-electron chi connectivity index (χ0n) is 19.4. The molecule has 1 heterocycles. The molecule has 3 rings (SSSR count). The maximum atomic E-state index is 13.2. The van der Waals surface area contributed by atoms with Gasteiger partial charge in [0.25, 0.3) is 0 Å². The summed E-state index contributed by atoms with van der Waals surface area (Å²) in [5, 5.41) is 0. The summed E-state index contributed by atoms with van der Waals surface area (Å²) in [4.78, 5) is 27.1. The fourth-order valence-corrected chi connectivity index (χ4v) is 5.06. The lowest BCUT2D eigenvalue weighted by Crippen LogP contribution is -2.28. The average molecular weight is 475 g/mol. The van der Waals surface area contributed by atoms with Crippen molar-refractivity contribution in [3.63, 3.8) is 0 Å². The van der Waals surface area contributed by atoms with Gasteiger partial charge in [0.1, 0.15) is 0 Å². The highest BCUT2D eigenvalue weighted by molar-refractivity contribution is 7.91. The van der Waals surface area contributed by atoms with Crippen molar-refractivity contribution in [2.75, 3.05) is 26.4 Å². The second-order valence-electron chi connectivity index (χ2n) is 7.30. The highest BCUT2D eigenvalue weighted by Gasteiger charge is 2.32. The molecule has 178 valence electrons. The van der Waals surface area contributed by atoms with Crippen LogP contribution in [0.1, 0.15) is 59.5 Å². The van der Waals surface area contributed by atoms with E-state index in [0.29, 0.717) is 53.8 Å². The molecule has 7 nitrogen and oxygen atoms in total. The van der Waals surface area contributed by atoms with Gasteiger partial charge < -0.3 is 23.5 Å². The Hall–Kier alpha value is -2.07. The number of carbonyl (C=O) groups is 2. The minimum atomic E-state index is -1.42. The van der Waals surface area contributed by atoms with Crippen molar-refractivity contribution in [2.24, 2.45) is 0 Å². The largest absolute Gasteiger partial charge is 0.606 e. The molecule has 0 unspecified atom stereocenters. The molecule has 0 aromatic heterocycles. The molecule has 0 atom stereocenters. The van der Waals surface area contributed by atoms with Crippen LogP contribution in [0.25, 0.3) is 0 Å². The first-order valence-electron chi connectivity index (χ1n) is 11.2. The Labute approximate surface area is 197 Å². The van der Waals surface area contributed by atoms with Gasteiger partial charge in [-0.3, -0.25) is 9.59 Å². The molecule has 0 amide bonds. The molecule has 0 bridgehead atoms. The van der Waals surface area contributed by atoms with Gasteiger partial charge in [0.15, 0.2) is 9.79 Å². The first-order chi connectivity index (χ1) is 15.9. The number of ketones is 2. The third kappa shape index (κ3) is 5.71. The van der Waals surface area contributed by atoms with Crippen LogP contribution in [0.15, 0.2) is 46.2 Å². The van der Waals surface area contributed by atoms with Crippen LogP contribution < -0.4 is 0 Å². The van der Waals surface area contributed by atoms with Crippen LogP contribution in [0.5, 0.6) is 0 Å². The molecule has 8 heteroatoms. The maximum absolute atomic E-state index is 13.2. The van der Waals surface area contributed by atoms with Crippen LogP contribution in [-0.2, 0) is 36.5 Å². The van der Waals surface area contributed by atoms with E-state index < -0.39 is 23.8 Å². The van der Waals surface area contributed by atoms with Crippen LogP contribution >= 0.6 is 0 Å². The van der Waals surface area contributed by atoms with Gasteiger partial charge >= 0.3 is 0 Å². The minimum absolute atomic E-state index is 0.279. The van der Waals surface area contributed by atoms with Gasteiger partial charge in [0.05, 0.1) is 0 Å². The van der Waals surface area contributed by atoms with E-state index in [1.54, 1.807) is 64.1 Å². The molecule has 0 N–H and O–H groups in total. The van der Waals surface area contributed by atoms with Crippen LogP contribution in [-0.4, -0.2) is 55.1 Å². The number of hydrogen-bond acceptors (Lipinski definition) is 7. The zero-order valence-corrected chi connectivity index (χ0v) is 20.2. The topological polar surface area (TPSA) is 94.1 Å². The number of benzene rings is 2. The van der Waals surface area contributed by atoms with Gasteiger partial charge in [-0.15, -0.1) is 0 Å². The van der Waals surface area contributed by atoms with E-state index >= 15 is 0 Å². The normalized spacial score (nSPS) is 13.3. The molecule has 2 aromatic rings. The van der Waals surface area contributed by atoms with Gasteiger partial charge in [0.2, 0.25) is 24.1 Å². The predicted octanol–water partition coefficient (Wildman–Crippen LogP) is 3.92. The van der Waals surface area contributed by atoms with Gasteiger partial charge in [-0.25, -0.2) is 0 Å². The SMILES string of the molecule is CCOC(OCC)C(=O)c1ccc2c(c1)Cc1cc(C(=O)C(OCC)OCC)ccc1[S+]2[O-]. The number of Topliss-reactive ketones (excluding diaryl/α,β-unsaturated/α-hetero) is 2. The molecular formula is C25H30O7S. The highest BCUT2D eigenvalue weighted by Crippen LogP contribution is 2.35. The van der Waals surface area contributed by atoms with Crippen LogP contribution in [0.4, 0.5) is 0 Å². The fourth-order valence-electron chi connectivity index (χ4n) is 3.70. The van der Waals surface area contributed by atoms with Crippen molar-refractivity contribution < 1.29 is 33.1 Å². The monoisotopic (exact) mass is 474 g/mol. The third-order valence-electron chi connectivity index (χ3n) is 5.17. The van der Waals surface area contributed by atoms with Crippen LogP contribution in [0, 0.1) is 0 Å². The molecule has 33 heavy (non-hydrogen) atoms. The molecule has 0 fully saturated rings. The lowest BCUT2D eigenvalue weighted by atomic mass is 9.98. The Kier molecular flexibility index (Phi) is 9.19. The number of hydrogen-bond donors (Lipinski definition) is 0. The third-order valence-corrected chi connectivity index (χ3v) is 6.77. The van der Waals surface area contributed by atoms with Crippen molar-refractivity contribution in [2.45, 2.75) is 56.5 Å². The van der Waals surface area contributed by atoms with Crippen LogP contribution in [0.3, 0.4) is 0 Å². The van der Waals surface area contributed by atoms with Gasteiger partial charge in [-0.2, -0.15) is 0 Å². The Bertz CT molecular complexity index is 901. The zero-order chi connectivity index (χ0) is 24.0. The molecule has 0 aliphatic carbocycles.